The molecule has 0 saturated carbocycles. The molecule has 0 spiro atoms. The normalized spacial score (nSPS) is 10.2. The largest absolute Gasteiger partial charge is 0.501 e. The van der Waals surface area contributed by atoms with Gasteiger partial charge in [0, 0.05) is 6.54 Å². The van der Waals surface area contributed by atoms with Crippen molar-refractivity contribution in [1.82, 2.24) is 15.3 Å². The number of aromatic amines is 1. The van der Waals surface area contributed by atoms with E-state index in [0.717, 1.165) is 11.3 Å². The molecule has 0 bridgehead atoms. The average molecular weight is 289 g/mol. The van der Waals surface area contributed by atoms with E-state index in [-0.39, 0.29) is 18.1 Å². The molecule has 0 radical (unpaired) electrons. The lowest BCUT2D eigenvalue weighted by Crippen LogP contribution is -2.26. The number of nitrogens with zero attached hydrogens (tertiary/aromatic N) is 1. The first-order valence-corrected chi connectivity index (χ1v) is 6.22. The highest BCUT2D eigenvalue weighted by Gasteiger charge is 2.16. The maximum absolute atomic E-state index is 12.0. The lowest BCUT2D eigenvalue weighted by Gasteiger charge is -2.07. The van der Waals surface area contributed by atoms with Crippen molar-refractivity contribution in [2.45, 2.75) is 13.5 Å². The molecule has 1 heterocycles. The molecule has 0 aliphatic heterocycles. The molecule has 1 aromatic carbocycles. The van der Waals surface area contributed by atoms with Crippen molar-refractivity contribution in [2.75, 3.05) is 7.11 Å². The first-order valence-electron chi connectivity index (χ1n) is 6.22. The first kappa shape index (κ1) is 14.6. The molecule has 0 atom stereocenters. The fraction of sp³-hybridized carbons (Fsp3) is 0.214. The number of hydrogen-bond acceptors (Lipinski definition) is 5. The molecule has 1 aromatic heterocycles. The molecule has 2 aromatic rings. The fourth-order valence-electron chi connectivity index (χ4n) is 1.75. The third kappa shape index (κ3) is 3.38. The Labute approximate surface area is 120 Å². The standard InChI is InChI=1S/C14H15N3O4/c1-8-16-11(12(18)14(20)17-8)13(19)15-7-9-3-5-10(21-2)6-4-9/h3-6,18H,7H2,1-2H3,(H,15,19)(H,16,17,20). The summed E-state index contributed by atoms with van der Waals surface area (Å²) in [4.78, 5) is 29.5. The molecule has 21 heavy (non-hydrogen) atoms. The molecule has 3 N–H and O–H groups in total. The zero-order chi connectivity index (χ0) is 15.4. The van der Waals surface area contributed by atoms with Crippen LogP contribution in [-0.4, -0.2) is 28.1 Å². The van der Waals surface area contributed by atoms with Crippen molar-refractivity contribution in [3.63, 3.8) is 0 Å². The third-order valence-electron chi connectivity index (χ3n) is 2.84. The smallest absolute Gasteiger partial charge is 0.293 e. The van der Waals surface area contributed by atoms with Crippen molar-refractivity contribution in [1.29, 1.82) is 0 Å². The molecule has 0 fully saturated rings. The van der Waals surface area contributed by atoms with Crippen LogP contribution < -0.4 is 15.6 Å². The number of aryl methyl sites for hydroxylation is 1. The highest BCUT2D eigenvalue weighted by atomic mass is 16.5. The number of nitrogens with one attached hydrogen (secondary N) is 2. The van der Waals surface area contributed by atoms with Crippen LogP contribution in [0.3, 0.4) is 0 Å². The van der Waals surface area contributed by atoms with E-state index in [4.69, 9.17) is 4.74 Å². The predicted molar refractivity (Wildman–Crippen MR) is 75.4 cm³/mol. The number of carbonyl (C=O) groups excluding carboxylic acids is 1. The number of aromatic nitrogens is 2. The van der Waals surface area contributed by atoms with E-state index in [2.05, 4.69) is 15.3 Å². The number of hydrogen-bond donors (Lipinski definition) is 3. The number of methoxy groups -OCH3 is 1. The number of H-pyrrole nitrogens is 1. The second-order valence-corrected chi connectivity index (χ2v) is 4.38. The molecule has 0 saturated heterocycles. The molecule has 2 rings (SSSR count). The second kappa shape index (κ2) is 6.08. The molecule has 7 heteroatoms. The van der Waals surface area contributed by atoms with Gasteiger partial charge < -0.3 is 20.1 Å². The van der Waals surface area contributed by atoms with Gasteiger partial charge in [0.25, 0.3) is 11.5 Å². The van der Waals surface area contributed by atoms with Gasteiger partial charge in [-0.2, -0.15) is 0 Å². The lowest BCUT2D eigenvalue weighted by atomic mass is 10.2. The van der Waals surface area contributed by atoms with Crippen LogP contribution in [-0.2, 0) is 6.54 Å². The Bertz CT molecular complexity index is 707. The number of rotatable bonds is 4. The van der Waals surface area contributed by atoms with E-state index in [1.807, 2.05) is 0 Å². The van der Waals surface area contributed by atoms with E-state index in [0.29, 0.717) is 0 Å². The summed E-state index contributed by atoms with van der Waals surface area (Å²) < 4.78 is 5.04. The van der Waals surface area contributed by atoms with Crippen LogP contribution in [0.1, 0.15) is 21.9 Å². The van der Waals surface area contributed by atoms with E-state index >= 15 is 0 Å². The molecule has 0 aliphatic rings. The number of aromatic hydroxyl groups is 1. The van der Waals surface area contributed by atoms with Crippen LogP contribution in [0.25, 0.3) is 0 Å². The van der Waals surface area contributed by atoms with Gasteiger partial charge in [0.15, 0.2) is 5.69 Å². The second-order valence-electron chi connectivity index (χ2n) is 4.38. The van der Waals surface area contributed by atoms with Crippen molar-refractivity contribution >= 4 is 5.91 Å². The van der Waals surface area contributed by atoms with Crippen molar-refractivity contribution in [3.05, 3.63) is 51.7 Å². The van der Waals surface area contributed by atoms with Crippen LogP contribution in [0.4, 0.5) is 0 Å². The maximum atomic E-state index is 12.0. The predicted octanol–water partition coefficient (Wildman–Crippen LogP) is 0.723. The fourth-order valence-corrected chi connectivity index (χ4v) is 1.75. The molecule has 1 amide bonds. The zero-order valence-corrected chi connectivity index (χ0v) is 11.6. The van der Waals surface area contributed by atoms with Gasteiger partial charge in [-0.1, -0.05) is 12.1 Å². The van der Waals surface area contributed by atoms with Gasteiger partial charge in [0.1, 0.15) is 11.6 Å². The summed E-state index contributed by atoms with van der Waals surface area (Å²) in [5.41, 5.74) is -0.174. The first-order chi connectivity index (χ1) is 10.0. The van der Waals surface area contributed by atoms with E-state index in [9.17, 15) is 14.7 Å². The molecule has 0 aliphatic carbocycles. The van der Waals surface area contributed by atoms with E-state index in [1.54, 1.807) is 31.4 Å². The molecular weight excluding hydrogens is 274 g/mol. The van der Waals surface area contributed by atoms with Crippen LogP contribution >= 0.6 is 0 Å². The van der Waals surface area contributed by atoms with Gasteiger partial charge in [-0.05, 0) is 24.6 Å². The zero-order valence-electron chi connectivity index (χ0n) is 11.6. The number of carbonyl (C=O) groups is 1. The Hall–Kier alpha value is -2.83. The Balaban J connectivity index is 2.09. The Morgan fingerprint density at radius 1 is 1.38 bits per heavy atom. The maximum Gasteiger partial charge on any atom is 0.293 e. The van der Waals surface area contributed by atoms with Crippen LogP contribution in [0.5, 0.6) is 11.5 Å². The molecule has 0 unspecified atom stereocenters. The summed E-state index contributed by atoms with van der Waals surface area (Å²) in [5, 5.41) is 12.2. The summed E-state index contributed by atoms with van der Waals surface area (Å²) in [7, 11) is 1.57. The van der Waals surface area contributed by atoms with Gasteiger partial charge in [0.05, 0.1) is 7.11 Å². The monoisotopic (exact) mass is 289 g/mol. The SMILES string of the molecule is COc1ccc(CNC(=O)c2nc(C)[nH]c(=O)c2O)cc1. The van der Waals surface area contributed by atoms with E-state index < -0.39 is 17.2 Å². The Kier molecular flexibility index (Phi) is 4.22. The number of ether oxygens (including phenoxy) is 1. The number of amides is 1. The third-order valence-corrected chi connectivity index (χ3v) is 2.84. The Morgan fingerprint density at radius 2 is 2.05 bits per heavy atom. The van der Waals surface area contributed by atoms with E-state index in [1.165, 1.54) is 6.92 Å². The van der Waals surface area contributed by atoms with Crippen molar-refractivity contribution in [3.8, 4) is 11.5 Å². The van der Waals surface area contributed by atoms with Crippen LogP contribution in [0.15, 0.2) is 29.1 Å². The topological polar surface area (TPSA) is 104 Å². The summed E-state index contributed by atoms with van der Waals surface area (Å²) in [5.74, 6) is -0.327. The highest BCUT2D eigenvalue weighted by molar-refractivity contribution is 5.94. The van der Waals surface area contributed by atoms with Crippen molar-refractivity contribution < 1.29 is 14.6 Å². The Morgan fingerprint density at radius 3 is 2.67 bits per heavy atom. The van der Waals surface area contributed by atoms with Gasteiger partial charge in [-0.15, -0.1) is 0 Å². The summed E-state index contributed by atoms with van der Waals surface area (Å²) >= 11 is 0. The van der Waals surface area contributed by atoms with Gasteiger partial charge in [0.2, 0.25) is 5.75 Å². The minimum atomic E-state index is -0.739. The summed E-state index contributed by atoms with van der Waals surface area (Å²) in [6, 6.07) is 7.15. The summed E-state index contributed by atoms with van der Waals surface area (Å²) in [6.45, 7) is 1.77. The average Bonchev–Trinajstić information content (AvgIpc) is 2.49. The summed E-state index contributed by atoms with van der Waals surface area (Å²) in [6.07, 6.45) is 0. The van der Waals surface area contributed by atoms with Gasteiger partial charge in [-0.25, -0.2) is 4.98 Å². The molecule has 7 nitrogen and oxygen atoms in total. The van der Waals surface area contributed by atoms with Crippen LogP contribution in [0, 0.1) is 6.92 Å². The van der Waals surface area contributed by atoms with Crippen molar-refractivity contribution in [2.24, 2.45) is 0 Å². The minimum absolute atomic E-state index is 0.246. The number of benzene rings is 1. The lowest BCUT2D eigenvalue weighted by molar-refractivity contribution is 0.0942. The van der Waals surface area contributed by atoms with Gasteiger partial charge >= 0.3 is 0 Å². The molecular formula is C14H15N3O4. The molecule has 110 valence electrons. The highest BCUT2D eigenvalue weighted by Crippen LogP contribution is 2.12. The van der Waals surface area contributed by atoms with Gasteiger partial charge in [-0.3, -0.25) is 9.59 Å². The van der Waals surface area contributed by atoms with Crippen LogP contribution in [0.2, 0.25) is 0 Å². The minimum Gasteiger partial charge on any atom is -0.501 e. The quantitative estimate of drug-likeness (QED) is 0.769.